The molecular weight excluding hydrogens is 318 g/mol. The third-order valence-corrected chi connectivity index (χ3v) is 3.58. The highest BCUT2D eigenvalue weighted by atomic mass is 35.5. The molecule has 0 spiro atoms. The molecule has 1 amide bonds. The maximum absolute atomic E-state index is 12.0. The van der Waals surface area contributed by atoms with Crippen LogP contribution >= 0.6 is 11.6 Å². The number of nitrogens with one attached hydrogen (secondary N) is 2. The van der Waals surface area contributed by atoms with Crippen molar-refractivity contribution in [2.75, 3.05) is 19.0 Å². The van der Waals surface area contributed by atoms with Crippen molar-refractivity contribution >= 4 is 23.2 Å². The van der Waals surface area contributed by atoms with E-state index in [4.69, 9.17) is 16.3 Å². The van der Waals surface area contributed by atoms with Crippen molar-refractivity contribution in [3.63, 3.8) is 0 Å². The minimum Gasteiger partial charge on any atom is -0.495 e. The highest BCUT2D eigenvalue weighted by Crippen LogP contribution is 2.27. The molecule has 7 nitrogen and oxygen atoms in total. The van der Waals surface area contributed by atoms with Gasteiger partial charge in [-0.05, 0) is 25.1 Å². The van der Waals surface area contributed by atoms with Gasteiger partial charge in [-0.25, -0.2) is 0 Å². The van der Waals surface area contributed by atoms with Gasteiger partial charge in [0.05, 0.1) is 18.8 Å². The molecule has 2 N–H and O–H groups in total. The number of carbonyl (C=O) groups excluding carboxylic acids is 1. The number of hydrogen-bond donors (Lipinski definition) is 2. The van der Waals surface area contributed by atoms with E-state index in [9.17, 15) is 4.79 Å². The molecule has 2 rings (SSSR count). The number of anilines is 1. The van der Waals surface area contributed by atoms with Crippen LogP contribution in [0.2, 0.25) is 5.02 Å². The number of halogens is 1. The van der Waals surface area contributed by atoms with Gasteiger partial charge in [0.15, 0.2) is 5.82 Å². The lowest BCUT2D eigenvalue weighted by molar-refractivity contribution is -0.121. The lowest BCUT2D eigenvalue weighted by Crippen LogP contribution is -2.29. The summed E-state index contributed by atoms with van der Waals surface area (Å²) in [6.45, 7) is 2.34. The molecule has 0 radical (unpaired) electrons. The van der Waals surface area contributed by atoms with Crippen molar-refractivity contribution < 1.29 is 9.53 Å². The Morgan fingerprint density at radius 2 is 2.26 bits per heavy atom. The van der Waals surface area contributed by atoms with E-state index < -0.39 is 0 Å². The predicted molar refractivity (Wildman–Crippen MR) is 88.7 cm³/mol. The number of benzene rings is 1. The molecule has 1 heterocycles. The fraction of sp³-hybridized carbons (Fsp3) is 0.400. The summed E-state index contributed by atoms with van der Waals surface area (Å²) in [6.07, 6.45) is 1.92. The Balaban J connectivity index is 1.83. The van der Waals surface area contributed by atoms with Crippen molar-refractivity contribution in [1.82, 2.24) is 20.1 Å². The van der Waals surface area contributed by atoms with E-state index in [-0.39, 0.29) is 11.9 Å². The standard InChI is InChI=1S/C15H20ClN5O2/c1-10(15-20-18-9-21(15)2)19-14(22)6-7-17-12-8-11(16)4-5-13(12)23-3/h4-5,8-10,17H,6-7H2,1-3H3,(H,19,22)/t10-/m0/s1. The molecule has 23 heavy (non-hydrogen) atoms. The number of carbonyl (C=O) groups is 1. The van der Waals surface area contributed by atoms with Gasteiger partial charge in [0.2, 0.25) is 5.91 Å². The molecule has 2 aromatic rings. The van der Waals surface area contributed by atoms with E-state index in [1.165, 1.54) is 0 Å². The molecule has 0 saturated heterocycles. The lowest BCUT2D eigenvalue weighted by atomic mass is 10.2. The monoisotopic (exact) mass is 337 g/mol. The third-order valence-electron chi connectivity index (χ3n) is 3.34. The van der Waals surface area contributed by atoms with Gasteiger partial charge in [0, 0.05) is 25.0 Å². The van der Waals surface area contributed by atoms with Crippen LogP contribution in [0.15, 0.2) is 24.5 Å². The number of amides is 1. The maximum Gasteiger partial charge on any atom is 0.222 e. The molecule has 124 valence electrons. The van der Waals surface area contributed by atoms with Crippen LogP contribution in [0, 0.1) is 0 Å². The fourth-order valence-corrected chi connectivity index (χ4v) is 2.36. The van der Waals surface area contributed by atoms with Crippen LogP contribution < -0.4 is 15.4 Å². The van der Waals surface area contributed by atoms with Crippen LogP contribution in [-0.2, 0) is 11.8 Å². The molecule has 1 aromatic carbocycles. The van der Waals surface area contributed by atoms with E-state index in [0.29, 0.717) is 29.6 Å². The van der Waals surface area contributed by atoms with Crippen LogP contribution in [0.4, 0.5) is 5.69 Å². The van der Waals surface area contributed by atoms with Gasteiger partial charge in [-0.15, -0.1) is 10.2 Å². The molecular formula is C15H20ClN5O2. The normalized spacial score (nSPS) is 11.8. The summed E-state index contributed by atoms with van der Waals surface area (Å²) in [5.74, 6) is 1.32. The molecule has 0 fully saturated rings. The minimum absolute atomic E-state index is 0.0750. The zero-order valence-corrected chi connectivity index (χ0v) is 14.1. The van der Waals surface area contributed by atoms with Crippen molar-refractivity contribution in [2.24, 2.45) is 7.05 Å². The average molecular weight is 338 g/mol. The van der Waals surface area contributed by atoms with Gasteiger partial charge in [-0.2, -0.15) is 0 Å². The first-order valence-corrected chi connectivity index (χ1v) is 7.59. The van der Waals surface area contributed by atoms with Crippen molar-refractivity contribution in [1.29, 1.82) is 0 Å². The van der Waals surface area contributed by atoms with Crippen molar-refractivity contribution in [3.05, 3.63) is 35.4 Å². The third kappa shape index (κ3) is 4.59. The Morgan fingerprint density at radius 3 is 2.91 bits per heavy atom. The maximum atomic E-state index is 12.0. The molecule has 0 saturated carbocycles. The molecule has 0 aliphatic heterocycles. The minimum atomic E-state index is -0.198. The van der Waals surface area contributed by atoms with Gasteiger partial charge >= 0.3 is 0 Å². The number of ether oxygens (including phenoxy) is 1. The van der Waals surface area contributed by atoms with Gasteiger partial charge in [-0.3, -0.25) is 4.79 Å². The van der Waals surface area contributed by atoms with E-state index >= 15 is 0 Å². The van der Waals surface area contributed by atoms with E-state index in [1.807, 2.05) is 14.0 Å². The number of nitrogens with zero attached hydrogens (tertiary/aromatic N) is 3. The first-order valence-electron chi connectivity index (χ1n) is 7.22. The van der Waals surface area contributed by atoms with Gasteiger partial charge in [0.25, 0.3) is 0 Å². The summed E-state index contributed by atoms with van der Waals surface area (Å²) in [7, 11) is 3.43. The number of aryl methyl sites for hydroxylation is 1. The summed E-state index contributed by atoms with van der Waals surface area (Å²) in [5, 5.41) is 14.4. The Hall–Kier alpha value is -2.28. The second kappa shape index (κ2) is 7.82. The zero-order chi connectivity index (χ0) is 16.8. The molecule has 0 aliphatic rings. The van der Waals surface area contributed by atoms with Crippen molar-refractivity contribution in [2.45, 2.75) is 19.4 Å². The van der Waals surface area contributed by atoms with Crippen LogP contribution in [0.5, 0.6) is 5.75 Å². The summed E-state index contributed by atoms with van der Waals surface area (Å²) >= 11 is 5.97. The molecule has 8 heteroatoms. The van der Waals surface area contributed by atoms with Gasteiger partial charge in [0.1, 0.15) is 12.1 Å². The van der Waals surface area contributed by atoms with Gasteiger partial charge < -0.3 is 19.9 Å². The van der Waals surface area contributed by atoms with Crippen LogP contribution in [0.1, 0.15) is 25.2 Å². The highest BCUT2D eigenvalue weighted by Gasteiger charge is 2.14. The molecule has 1 aromatic heterocycles. The SMILES string of the molecule is COc1ccc(Cl)cc1NCCC(=O)N[C@@H](C)c1nncn1C. The second-order valence-electron chi connectivity index (χ2n) is 5.11. The van der Waals surface area contributed by atoms with E-state index in [0.717, 1.165) is 5.69 Å². The van der Waals surface area contributed by atoms with Crippen LogP contribution in [0.3, 0.4) is 0 Å². The number of aromatic nitrogens is 3. The molecule has 0 unspecified atom stereocenters. The predicted octanol–water partition coefficient (Wildman–Crippen LogP) is 2.16. The molecule has 0 aliphatic carbocycles. The summed E-state index contributed by atoms with van der Waals surface area (Å²) in [5.41, 5.74) is 0.758. The number of hydrogen-bond acceptors (Lipinski definition) is 5. The summed E-state index contributed by atoms with van der Waals surface area (Å²) < 4.78 is 7.02. The summed E-state index contributed by atoms with van der Waals surface area (Å²) in [6, 6.07) is 5.10. The Bertz CT molecular complexity index is 674. The highest BCUT2D eigenvalue weighted by molar-refractivity contribution is 6.30. The van der Waals surface area contributed by atoms with Crippen molar-refractivity contribution in [3.8, 4) is 5.75 Å². The lowest BCUT2D eigenvalue weighted by Gasteiger charge is -2.14. The quantitative estimate of drug-likeness (QED) is 0.809. The Labute approximate surface area is 140 Å². The van der Waals surface area contributed by atoms with Gasteiger partial charge in [-0.1, -0.05) is 11.6 Å². The average Bonchev–Trinajstić information content (AvgIpc) is 2.93. The number of rotatable bonds is 7. The summed E-state index contributed by atoms with van der Waals surface area (Å²) in [4.78, 5) is 12.0. The van der Waals surface area contributed by atoms with E-state index in [1.54, 1.807) is 36.2 Å². The topological polar surface area (TPSA) is 81.1 Å². The Kier molecular flexibility index (Phi) is 5.81. The largest absolute Gasteiger partial charge is 0.495 e. The van der Waals surface area contributed by atoms with E-state index in [2.05, 4.69) is 20.8 Å². The molecule has 0 bridgehead atoms. The zero-order valence-electron chi connectivity index (χ0n) is 13.3. The second-order valence-corrected chi connectivity index (χ2v) is 5.55. The van der Waals surface area contributed by atoms with Crippen LogP contribution in [0.25, 0.3) is 0 Å². The first kappa shape index (κ1) is 17.1. The number of methoxy groups -OCH3 is 1. The molecule has 1 atom stereocenters. The van der Waals surface area contributed by atoms with Crippen LogP contribution in [-0.4, -0.2) is 34.3 Å². The Morgan fingerprint density at radius 1 is 1.48 bits per heavy atom. The fourth-order valence-electron chi connectivity index (χ4n) is 2.19. The first-order chi connectivity index (χ1) is 11.0. The smallest absolute Gasteiger partial charge is 0.222 e.